The Labute approximate surface area is 116 Å². The van der Waals surface area contributed by atoms with Crippen molar-refractivity contribution in [2.45, 2.75) is 0 Å². The van der Waals surface area contributed by atoms with Gasteiger partial charge in [0.05, 0.1) is 5.69 Å². The first kappa shape index (κ1) is 13.7. The summed E-state index contributed by atoms with van der Waals surface area (Å²) in [5, 5.41) is 5.54. The lowest BCUT2D eigenvalue weighted by Crippen LogP contribution is -2.24. The summed E-state index contributed by atoms with van der Waals surface area (Å²) >= 11 is 0. The van der Waals surface area contributed by atoms with E-state index >= 15 is 0 Å². The van der Waals surface area contributed by atoms with Crippen molar-refractivity contribution in [3.63, 3.8) is 0 Å². The van der Waals surface area contributed by atoms with E-state index in [1.165, 1.54) is 12.3 Å². The molecule has 4 nitrogen and oxygen atoms in total. The molecule has 2 rings (SSSR count). The molecule has 1 heterocycles. The van der Waals surface area contributed by atoms with Gasteiger partial charge in [-0.3, -0.25) is 9.78 Å². The third kappa shape index (κ3) is 3.41. The number of hydrogen-bond donors (Lipinski definition) is 2. The van der Waals surface area contributed by atoms with Gasteiger partial charge in [-0.15, -0.1) is 6.58 Å². The van der Waals surface area contributed by atoms with Gasteiger partial charge >= 0.3 is 0 Å². The van der Waals surface area contributed by atoms with Crippen molar-refractivity contribution in [2.24, 2.45) is 0 Å². The number of amides is 1. The quantitative estimate of drug-likeness (QED) is 0.822. The smallest absolute Gasteiger partial charge is 0.270 e. The predicted octanol–water partition coefficient (Wildman–Crippen LogP) is 2.88. The van der Waals surface area contributed by atoms with Gasteiger partial charge in [-0.1, -0.05) is 18.2 Å². The Morgan fingerprint density at radius 1 is 1.35 bits per heavy atom. The number of nitrogens with zero attached hydrogens (tertiary/aromatic N) is 1. The zero-order chi connectivity index (χ0) is 14.4. The van der Waals surface area contributed by atoms with Crippen LogP contribution >= 0.6 is 0 Å². The molecule has 0 aliphatic carbocycles. The number of nitrogens with one attached hydrogen (secondary N) is 2. The van der Waals surface area contributed by atoms with Crippen LogP contribution in [0.2, 0.25) is 0 Å². The monoisotopic (exact) mass is 271 g/mol. The van der Waals surface area contributed by atoms with E-state index in [-0.39, 0.29) is 17.4 Å². The molecule has 1 aromatic heterocycles. The first-order valence-corrected chi connectivity index (χ1v) is 6.07. The summed E-state index contributed by atoms with van der Waals surface area (Å²) in [6.45, 7) is 3.89. The Balaban J connectivity index is 2.16. The van der Waals surface area contributed by atoms with Crippen molar-refractivity contribution in [1.29, 1.82) is 0 Å². The van der Waals surface area contributed by atoms with Gasteiger partial charge in [0.1, 0.15) is 11.5 Å². The first-order valence-electron chi connectivity index (χ1n) is 6.07. The van der Waals surface area contributed by atoms with Crippen LogP contribution in [0.25, 0.3) is 0 Å². The van der Waals surface area contributed by atoms with Gasteiger partial charge in [-0.2, -0.15) is 0 Å². The molecule has 0 fully saturated rings. The summed E-state index contributed by atoms with van der Waals surface area (Å²) in [5.74, 6) is -0.663. The molecule has 0 unspecified atom stereocenters. The van der Waals surface area contributed by atoms with E-state index in [2.05, 4.69) is 22.2 Å². The lowest BCUT2D eigenvalue weighted by Gasteiger charge is -2.08. The molecule has 0 aliphatic rings. The molecule has 0 saturated carbocycles. The lowest BCUT2D eigenvalue weighted by atomic mass is 10.2. The van der Waals surface area contributed by atoms with Crippen molar-refractivity contribution in [2.75, 3.05) is 11.9 Å². The van der Waals surface area contributed by atoms with E-state index in [0.29, 0.717) is 17.9 Å². The number of para-hydroxylation sites is 1. The third-order valence-corrected chi connectivity index (χ3v) is 2.55. The van der Waals surface area contributed by atoms with Gasteiger partial charge in [-0.25, -0.2) is 4.39 Å². The number of halogens is 1. The average Bonchev–Trinajstić information content (AvgIpc) is 2.47. The average molecular weight is 271 g/mol. The first-order chi connectivity index (χ1) is 9.70. The molecule has 5 heteroatoms. The molecular weight excluding hydrogens is 257 g/mol. The van der Waals surface area contributed by atoms with Gasteiger partial charge in [0.15, 0.2) is 0 Å². The van der Waals surface area contributed by atoms with E-state index in [4.69, 9.17) is 0 Å². The summed E-state index contributed by atoms with van der Waals surface area (Å²) in [5.41, 5.74) is 1.19. The molecular formula is C15H14FN3O. The highest BCUT2D eigenvalue weighted by molar-refractivity contribution is 5.93. The van der Waals surface area contributed by atoms with Gasteiger partial charge in [0, 0.05) is 18.4 Å². The molecule has 0 bridgehead atoms. The van der Waals surface area contributed by atoms with Crippen molar-refractivity contribution in [1.82, 2.24) is 10.3 Å². The Hall–Kier alpha value is -2.69. The summed E-state index contributed by atoms with van der Waals surface area (Å²) in [4.78, 5) is 15.7. The minimum Gasteiger partial charge on any atom is -0.353 e. The zero-order valence-electron chi connectivity index (χ0n) is 10.8. The molecule has 1 aromatic carbocycles. The molecule has 0 radical (unpaired) electrons. The highest BCUT2D eigenvalue weighted by Crippen LogP contribution is 2.19. The highest BCUT2D eigenvalue weighted by Gasteiger charge is 2.07. The maximum Gasteiger partial charge on any atom is 0.270 e. The van der Waals surface area contributed by atoms with Crippen LogP contribution in [0.5, 0.6) is 0 Å². The number of rotatable bonds is 5. The standard InChI is InChI=1S/C15H14FN3O/c1-2-8-18-15(20)14-10-11(7-9-17-14)19-13-6-4-3-5-12(13)16/h2-7,9-10H,1,8H2,(H,17,19)(H,18,20). The summed E-state index contributed by atoms with van der Waals surface area (Å²) < 4.78 is 13.5. The Kier molecular flexibility index (Phi) is 4.44. The van der Waals surface area contributed by atoms with Crippen LogP contribution in [-0.2, 0) is 0 Å². The molecule has 102 valence electrons. The summed E-state index contributed by atoms with van der Waals surface area (Å²) in [7, 11) is 0. The number of pyridine rings is 1. The minimum absolute atomic E-state index is 0.258. The zero-order valence-corrected chi connectivity index (χ0v) is 10.8. The largest absolute Gasteiger partial charge is 0.353 e. The molecule has 0 spiro atoms. The van der Waals surface area contributed by atoms with E-state index in [0.717, 1.165) is 0 Å². The number of hydrogen-bond acceptors (Lipinski definition) is 3. The fourth-order valence-electron chi connectivity index (χ4n) is 1.61. The van der Waals surface area contributed by atoms with E-state index < -0.39 is 0 Å². The van der Waals surface area contributed by atoms with Crippen molar-refractivity contribution in [3.8, 4) is 0 Å². The topological polar surface area (TPSA) is 54.0 Å². The maximum absolute atomic E-state index is 13.5. The predicted molar refractivity (Wildman–Crippen MR) is 76.4 cm³/mol. The second-order valence-electron chi connectivity index (χ2n) is 4.03. The molecule has 0 saturated heterocycles. The van der Waals surface area contributed by atoms with Crippen LogP contribution in [0.3, 0.4) is 0 Å². The van der Waals surface area contributed by atoms with Crippen LogP contribution in [0.15, 0.2) is 55.3 Å². The SMILES string of the molecule is C=CCNC(=O)c1cc(Nc2ccccc2F)ccn1. The highest BCUT2D eigenvalue weighted by atomic mass is 19.1. The van der Waals surface area contributed by atoms with Crippen LogP contribution in [-0.4, -0.2) is 17.4 Å². The second kappa shape index (κ2) is 6.47. The Morgan fingerprint density at radius 3 is 2.90 bits per heavy atom. The molecule has 1 amide bonds. The van der Waals surface area contributed by atoms with E-state index in [1.807, 2.05) is 0 Å². The molecule has 20 heavy (non-hydrogen) atoms. The number of anilines is 2. The molecule has 0 atom stereocenters. The Bertz CT molecular complexity index is 628. The molecule has 2 N–H and O–H groups in total. The number of carbonyl (C=O) groups excluding carboxylic acids is 1. The van der Waals surface area contributed by atoms with E-state index in [9.17, 15) is 9.18 Å². The van der Waals surface area contributed by atoms with E-state index in [1.54, 1.807) is 36.4 Å². The second-order valence-corrected chi connectivity index (χ2v) is 4.03. The van der Waals surface area contributed by atoms with Crippen LogP contribution in [0, 0.1) is 5.82 Å². The van der Waals surface area contributed by atoms with Crippen molar-refractivity contribution in [3.05, 3.63) is 66.8 Å². The van der Waals surface area contributed by atoms with Gasteiger partial charge < -0.3 is 10.6 Å². The summed E-state index contributed by atoms with van der Waals surface area (Å²) in [6, 6.07) is 9.54. The van der Waals surface area contributed by atoms with Gasteiger partial charge in [0.2, 0.25) is 0 Å². The third-order valence-electron chi connectivity index (χ3n) is 2.55. The van der Waals surface area contributed by atoms with Crippen molar-refractivity contribution >= 4 is 17.3 Å². The maximum atomic E-state index is 13.5. The van der Waals surface area contributed by atoms with Gasteiger partial charge in [-0.05, 0) is 24.3 Å². The molecule has 0 aliphatic heterocycles. The van der Waals surface area contributed by atoms with Crippen molar-refractivity contribution < 1.29 is 9.18 Å². The minimum atomic E-state index is -0.359. The fourth-order valence-corrected chi connectivity index (χ4v) is 1.61. The van der Waals surface area contributed by atoms with Crippen LogP contribution < -0.4 is 10.6 Å². The number of carbonyl (C=O) groups is 1. The van der Waals surface area contributed by atoms with Gasteiger partial charge in [0.25, 0.3) is 5.91 Å². The van der Waals surface area contributed by atoms with Crippen LogP contribution in [0.1, 0.15) is 10.5 Å². The number of aromatic nitrogens is 1. The fraction of sp³-hybridized carbons (Fsp3) is 0.0667. The van der Waals surface area contributed by atoms with Crippen LogP contribution in [0.4, 0.5) is 15.8 Å². The summed E-state index contributed by atoms with van der Waals surface area (Å²) in [6.07, 6.45) is 3.07. The normalized spacial score (nSPS) is 9.85. The molecule has 2 aromatic rings. The Morgan fingerprint density at radius 2 is 2.15 bits per heavy atom. The lowest BCUT2D eigenvalue weighted by molar-refractivity contribution is 0.0953. The number of benzene rings is 1.